The molecule has 2 atom stereocenters. The van der Waals surface area contributed by atoms with Crippen molar-refractivity contribution in [1.29, 1.82) is 0 Å². The van der Waals surface area contributed by atoms with Gasteiger partial charge in [-0.15, -0.1) is 0 Å². The minimum atomic E-state index is -4.47. The van der Waals surface area contributed by atoms with Gasteiger partial charge in [0.25, 0.3) is 0 Å². The van der Waals surface area contributed by atoms with Crippen molar-refractivity contribution < 1.29 is 22.7 Å². The Kier molecular flexibility index (Phi) is 6.97. The summed E-state index contributed by atoms with van der Waals surface area (Å²) in [6, 6.07) is 14.6. The molecule has 0 fully saturated rings. The molecular weight excluding hydrogens is 431 g/mol. The average molecular weight is 460 g/mol. The van der Waals surface area contributed by atoms with E-state index in [2.05, 4.69) is 0 Å². The Morgan fingerprint density at radius 2 is 1.76 bits per heavy atom. The number of hydrogen-bond donors (Lipinski definition) is 1. The molecule has 0 bridgehead atoms. The maximum absolute atomic E-state index is 13.3. The van der Waals surface area contributed by atoms with Gasteiger partial charge in [0, 0.05) is 25.4 Å². The number of nitrogens with two attached hydrogens (primary N) is 1. The van der Waals surface area contributed by atoms with Gasteiger partial charge in [-0.1, -0.05) is 63.2 Å². The van der Waals surface area contributed by atoms with E-state index in [1.54, 1.807) is 12.3 Å². The number of rotatable bonds is 7. The van der Waals surface area contributed by atoms with Crippen LogP contribution in [0.2, 0.25) is 0 Å². The highest BCUT2D eigenvalue weighted by Crippen LogP contribution is 2.40. The molecule has 0 aliphatic rings. The van der Waals surface area contributed by atoms with Crippen LogP contribution in [0.1, 0.15) is 43.6 Å². The second-order valence-electron chi connectivity index (χ2n) is 9.08. The highest BCUT2D eigenvalue weighted by atomic mass is 19.4. The van der Waals surface area contributed by atoms with Gasteiger partial charge < -0.3 is 15.0 Å². The van der Waals surface area contributed by atoms with Crippen LogP contribution >= 0.6 is 0 Å². The van der Waals surface area contributed by atoms with E-state index in [1.165, 1.54) is 13.2 Å². The number of imidazole rings is 1. The number of ether oxygens (including phenoxy) is 1. The first-order valence-electron chi connectivity index (χ1n) is 10.5. The topological polar surface area (TPSA) is 70.1 Å². The van der Waals surface area contributed by atoms with Gasteiger partial charge in [0.2, 0.25) is 5.91 Å². The number of carbonyl (C=O) groups excluding carboxylic acids is 1. The quantitative estimate of drug-likeness (QED) is 0.525. The normalized spacial score (nSPS) is 14.2. The Balaban J connectivity index is 2.19. The molecule has 1 aromatic heterocycles. The summed E-state index contributed by atoms with van der Waals surface area (Å²) in [5, 5.41) is 0. The number of alkyl halides is 3. The molecule has 176 valence electrons. The van der Waals surface area contributed by atoms with Crippen molar-refractivity contribution in [2.45, 2.75) is 45.5 Å². The fourth-order valence-electron chi connectivity index (χ4n) is 3.97. The maximum atomic E-state index is 13.3. The summed E-state index contributed by atoms with van der Waals surface area (Å²) in [4.78, 5) is 17.0. The van der Waals surface area contributed by atoms with Crippen LogP contribution in [0.25, 0.3) is 11.3 Å². The number of nitrogens with zero attached hydrogens (tertiary/aromatic N) is 2. The van der Waals surface area contributed by atoms with Gasteiger partial charge in [-0.05, 0) is 23.1 Å². The van der Waals surface area contributed by atoms with Gasteiger partial charge in [-0.2, -0.15) is 13.2 Å². The molecule has 3 aromatic rings. The number of amides is 1. The number of hydrogen-bond acceptors (Lipinski definition) is 3. The number of primary amides is 1. The van der Waals surface area contributed by atoms with Crippen molar-refractivity contribution >= 4 is 5.91 Å². The van der Waals surface area contributed by atoms with Crippen molar-refractivity contribution in [2.24, 2.45) is 11.1 Å². The molecule has 33 heavy (non-hydrogen) atoms. The van der Waals surface area contributed by atoms with Crippen molar-refractivity contribution in [3.63, 3.8) is 0 Å². The van der Waals surface area contributed by atoms with Crippen LogP contribution in [-0.2, 0) is 22.3 Å². The van der Waals surface area contributed by atoms with Gasteiger partial charge in [-0.25, -0.2) is 4.98 Å². The molecule has 5 nitrogen and oxygen atoms in total. The number of halogens is 3. The van der Waals surface area contributed by atoms with E-state index >= 15 is 0 Å². The van der Waals surface area contributed by atoms with E-state index < -0.39 is 35.1 Å². The Morgan fingerprint density at radius 3 is 2.30 bits per heavy atom. The molecule has 0 saturated heterocycles. The second kappa shape index (κ2) is 9.39. The van der Waals surface area contributed by atoms with Gasteiger partial charge in [0.05, 0.1) is 17.2 Å². The van der Waals surface area contributed by atoms with E-state index in [4.69, 9.17) is 15.5 Å². The third-order valence-electron chi connectivity index (χ3n) is 5.54. The van der Waals surface area contributed by atoms with Crippen molar-refractivity contribution in [2.75, 3.05) is 7.11 Å². The fourth-order valence-corrected chi connectivity index (χ4v) is 3.97. The van der Waals surface area contributed by atoms with E-state index in [9.17, 15) is 18.0 Å². The molecule has 2 aromatic carbocycles. The lowest BCUT2D eigenvalue weighted by Gasteiger charge is -2.34. The van der Waals surface area contributed by atoms with Gasteiger partial charge in [-0.3, -0.25) is 4.79 Å². The van der Waals surface area contributed by atoms with Crippen LogP contribution in [0.3, 0.4) is 0 Å². The second-order valence-corrected chi connectivity index (χ2v) is 9.08. The number of methoxy groups -OCH3 is 1. The highest BCUT2D eigenvalue weighted by Gasteiger charge is 2.40. The Hall–Kier alpha value is -3.13. The van der Waals surface area contributed by atoms with E-state index in [0.29, 0.717) is 23.6 Å². The number of carbonyl (C=O) groups is 1. The molecule has 0 saturated carbocycles. The van der Waals surface area contributed by atoms with Gasteiger partial charge in [0.15, 0.2) is 0 Å². The minimum absolute atomic E-state index is 0.332. The molecule has 3 rings (SSSR count). The van der Waals surface area contributed by atoms with E-state index in [-0.39, 0.29) is 0 Å². The molecule has 8 heteroatoms. The summed E-state index contributed by atoms with van der Waals surface area (Å²) >= 11 is 0. The van der Waals surface area contributed by atoms with Gasteiger partial charge >= 0.3 is 6.18 Å². The van der Waals surface area contributed by atoms with Gasteiger partial charge in [0.1, 0.15) is 11.9 Å². The lowest BCUT2D eigenvalue weighted by molar-refractivity contribution is -0.137. The van der Waals surface area contributed by atoms with Crippen molar-refractivity contribution in [3.05, 3.63) is 77.7 Å². The molecule has 1 unspecified atom stereocenters. The third-order valence-corrected chi connectivity index (χ3v) is 5.54. The highest BCUT2D eigenvalue weighted by molar-refractivity contribution is 5.80. The molecule has 0 radical (unpaired) electrons. The van der Waals surface area contributed by atoms with Crippen LogP contribution in [-0.4, -0.2) is 28.7 Å². The summed E-state index contributed by atoms with van der Waals surface area (Å²) in [5.41, 5.74) is 6.09. The molecule has 0 aliphatic heterocycles. The summed E-state index contributed by atoms with van der Waals surface area (Å²) in [7, 11) is 1.41. The summed E-state index contributed by atoms with van der Waals surface area (Å²) in [6.07, 6.45) is -3.71. The predicted molar refractivity (Wildman–Crippen MR) is 120 cm³/mol. The molecule has 0 spiro atoms. The van der Waals surface area contributed by atoms with E-state index in [0.717, 1.165) is 17.7 Å². The largest absolute Gasteiger partial charge is 0.416 e. The van der Waals surface area contributed by atoms with Crippen LogP contribution < -0.4 is 5.73 Å². The first-order chi connectivity index (χ1) is 15.4. The lowest BCUT2D eigenvalue weighted by Crippen LogP contribution is -2.42. The maximum Gasteiger partial charge on any atom is 0.416 e. The standard InChI is InChI=1S/C25H28F3N3O2/c1-24(2,3)20(21(33-4)22(29)32)23-30-19(15-31(23)14-16-9-6-5-7-10-16)17-11-8-12-18(13-17)25(26,27)28/h5-13,15,20-21H,14H2,1-4H3,(H2,29,32)/t20-,21?/m0/s1. The van der Waals surface area contributed by atoms with Crippen molar-refractivity contribution in [3.8, 4) is 11.3 Å². The molecule has 1 amide bonds. The monoisotopic (exact) mass is 459 g/mol. The van der Waals surface area contributed by atoms with Crippen LogP contribution in [0.4, 0.5) is 13.2 Å². The Labute approximate surface area is 191 Å². The Morgan fingerprint density at radius 1 is 1.09 bits per heavy atom. The molecule has 0 aliphatic carbocycles. The minimum Gasteiger partial charge on any atom is -0.371 e. The van der Waals surface area contributed by atoms with Crippen LogP contribution in [0.5, 0.6) is 0 Å². The number of benzene rings is 2. The summed E-state index contributed by atoms with van der Waals surface area (Å²) in [5.74, 6) is -0.653. The number of aromatic nitrogens is 2. The van der Waals surface area contributed by atoms with Crippen LogP contribution in [0, 0.1) is 5.41 Å². The summed E-state index contributed by atoms with van der Waals surface area (Å²) in [6.45, 7) is 6.25. The fraction of sp³-hybridized carbons (Fsp3) is 0.360. The predicted octanol–water partition coefficient (Wildman–Crippen LogP) is 5.25. The van der Waals surface area contributed by atoms with Crippen molar-refractivity contribution in [1.82, 2.24) is 9.55 Å². The molecule has 1 heterocycles. The third kappa shape index (κ3) is 5.63. The first-order valence-corrected chi connectivity index (χ1v) is 10.5. The van der Waals surface area contributed by atoms with Crippen LogP contribution in [0.15, 0.2) is 60.8 Å². The zero-order valence-electron chi connectivity index (χ0n) is 19.1. The zero-order chi connectivity index (χ0) is 24.4. The lowest BCUT2D eigenvalue weighted by atomic mass is 9.76. The first kappa shape index (κ1) is 24.5. The smallest absolute Gasteiger partial charge is 0.371 e. The molecular formula is C25H28F3N3O2. The average Bonchev–Trinajstić information content (AvgIpc) is 3.14. The van der Waals surface area contributed by atoms with E-state index in [1.807, 2.05) is 55.7 Å². The Bertz CT molecular complexity index is 1100. The zero-order valence-corrected chi connectivity index (χ0v) is 19.1. The summed E-state index contributed by atoms with van der Waals surface area (Å²) < 4.78 is 47.2. The SMILES string of the molecule is COC(C(N)=O)[C@@H](c1nc(-c2cccc(C(F)(F)F)c2)cn1Cc1ccccc1)C(C)(C)C. The molecule has 2 N–H and O–H groups in total.